The van der Waals surface area contributed by atoms with E-state index in [0.717, 1.165) is 12.1 Å². The summed E-state index contributed by atoms with van der Waals surface area (Å²) in [7, 11) is -3.84. The van der Waals surface area contributed by atoms with Gasteiger partial charge in [-0.1, -0.05) is 0 Å². The van der Waals surface area contributed by atoms with Crippen LogP contribution in [0.1, 0.15) is 12.5 Å². The van der Waals surface area contributed by atoms with Crippen molar-refractivity contribution in [3.05, 3.63) is 29.6 Å². The van der Waals surface area contributed by atoms with E-state index in [0.29, 0.717) is 19.6 Å². The molecule has 1 atom stereocenters. The maximum atomic E-state index is 13.8. The molecule has 1 aliphatic rings. The molecule has 0 aromatic heterocycles. The van der Waals surface area contributed by atoms with E-state index in [1.165, 1.54) is 10.4 Å². The first-order valence-electron chi connectivity index (χ1n) is 5.88. The average Bonchev–Trinajstić information content (AvgIpc) is 2.38. The van der Waals surface area contributed by atoms with Crippen LogP contribution in [0, 0.1) is 17.1 Å². The second-order valence-corrected chi connectivity index (χ2v) is 6.38. The van der Waals surface area contributed by atoms with E-state index in [4.69, 9.17) is 5.26 Å². The molecule has 0 unspecified atom stereocenters. The second kappa shape index (κ2) is 5.25. The molecule has 1 aliphatic heterocycles. The van der Waals surface area contributed by atoms with Crippen LogP contribution >= 0.6 is 0 Å². The van der Waals surface area contributed by atoms with Gasteiger partial charge in [0.25, 0.3) is 0 Å². The number of nitriles is 1. The number of nitrogens with one attached hydrogen (secondary N) is 1. The van der Waals surface area contributed by atoms with Gasteiger partial charge >= 0.3 is 0 Å². The van der Waals surface area contributed by atoms with Crippen molar-refractivity contribution in [3.63, 3.8) is 0 Å². The third-order valence-electron chi connectivity index (χ3n) is 3.01. The van der Waals surface area contributed by atoms with Crippen molar-refractivity contribution < 1.29 is 12.8 Å². The zero-order valence-corrected chi connectivity index (χ0v) is 11.2. The van der Waals surface area contributed by atoms with E-state index in [1.807, 2.05) is 6.92 Å². The van der Waals surface area contributed by atoms with Gasteiger partial charge in [0.1, 0.15) is 10.7 Å². The fourth-order valence-corrected chi connectivity index (χ4v) is 3.61. The molecule has 0 saturated carbocycles. The summed E-state index contributed by atoms with van der Waals surface area (Å²) in [5.74, 6) is -0.884. The molecular weight excluding hydrogens is 269 g/mol. The number of nitrogens with zero attached hydrogens (tertiary/aromatic N) is 2. The molecule has 5 nitrogen and oxygen atoms in total. The molecule has 1 heterocycles. The number of piperazine rings is 1. The van der Waals surface area contributed by atoms with Crippen molar-refractivity contribution in [1.82, 2.24) is 9.62 Å². The van der Waals surface area contributed by atoms with Crippen LogP contribution < -0.4 is 5.32 Å². The Hall–Kier alpha value is -1.49. The number of hydrogen-bond donors (Lipinski definition) is 1. The molecule has 0 spiro atoms. The smallest absolute Gasteiger partial charge is 0.246 e. The topological polar surface area (TPSA) is 73.2 Å². The Balaban J connectivity index is 2.37. The number of halogens is 1. The molecule has 1 N–H and O–H groups in total. The maximum absolute atomic E-state index is 13.8. The number of benzene rings is 1. The van der Waals surface area contributed by atoms with Gasteiger partial charge in [0.05, 0.1) is 11.6 Å². The molecule has 1 aromatic rings. The molecule has 7 heteroatoms. The predicted octanol–water partition coefficient (Wildman–Crippen LogP) is 0.680. The molecule has 0 radical (unpaired) electrons. The molecule has 1 saturated heterocycles. The van der Waals surface area contributed by atoms with Crippen molar-refractivity contribution in [2.45, 2.75) is 17.9 Å². The van der Waals surface area contributed by atoms with Crippen LogP contribution in [-0.4, -0.2) is 38.4 Å². The van der Waals surface area contributed by atoms with E-state index in [9.17, 15) is 12.8 Å². The Morgan fingerprint density at radius 1 is 1.53 bits per heavy atom. The second-order valence-electron chi connectivity index (χ2n) is 4.48. The maximum Gasteiger partial charge on any atom is 0.246 e. The third kappa shape index (κ3) is 2.76. The SMILES string of the molecule is C[C@H]1CN(S(=O)(=O)c2ccc(C#N)cc2F)CCN1. The third-order valence-corrected chi connectivity index (χ3v) is 4.91. The highest BCUT2D eigenvalue weighted by Gasteiger charge is 2.30. The van der Waals surface area contributed by atoms with Crippen LogP contribution in [0.15, 0.2) is 23.1 Å². The number of sulfonamides is 1. The summed E-state index contributed by atoms with van der Waals surface area (Å²) in [4.78, 5) is -0.374. The quantitative estimate of drug-likeness (QED) is 0.866. The Labute approximate surface area is 111 Å². The summed E-state index contributed by atoms with van der Waals surface area (Å²) >= 11 is 0. The van der Waals surface area contributed by atoms with E-state index >= 15 is 0 Å². The lowest BCUT2D eigenvalue weighted by Gasteiger charge is -2.31. The molecule has 0 aliphatic carbocycles. The molecule has 0 bridgehead atoms. The van der Waals surface area contributed by atoms with Crippen LogP contribution in [0.25, 0.3) is 0 Å². The van der Waals surface area contributed by atoms with Gasteiger partial charge in [-0.15, -0.1) is 0 Å². The first-order valence-corrected chi connectivity index (χ1v) is 7.32. The first kappa shape index (κ1) is 13.9. The van der Waals surface area contributed by atoms with Crippen molar-refractivity contribution in [2.24, 2.45) is 0 Å². The van der Waals surface area contributed by atoms with Crippen molar-refractivity contribution in [1.29, 1.82) is 5.26 Å². The van der Waals surface area contributed by atoms with Gasteiger partial charge in [0.15, 0.2) is 0 Å². The number of hydrogen-bond acceptors (Lipinski definition) is 4. The zero-order chi connectivity index (χ0) is 14.0. The van der Waals surface area contributed by atoms with Crippen LogP contribution in [0.3, 0.4) is 0 Å². The Bertz CT molecular complexity index is 624. The van der Waals surface area contributed by atoms with Gasteiger partial charge in [0.2, 0.25) is 10.0 Å². The fraction of sp³-hybridized carbons (Fsp3) is 0.417. The normalized spacial score (nSPS) is 21.0. The predicted molar refractivity (Wildman–Crippen MR) is 67.3 cm³/mol. The summed E-state index contributed by atoms with van der Waals surface area (Å²) < 4.78 is 39.7. The summed E-state index contributed by atoms with van der Waals surface area (Å²) in [5.41, 5.74) is 0.102. The monoisotopic (exact) mass is 283 g/mol. The molecule has 102 valence electrons. The molecule has 19 heavy (non-hydrogen) atoms. The van der Waals surface area contributed by atoms with Gasteiger partial charge in [0, 0.05) is 25.7 Å². The Morgan fingerprint density at radius 2 is 2.26 bits per heavy atom. The summed E-state index contributed by atoms with van der Waals surface area (Å²) in [6, 6.07) is 5.21. The van der Waals surface area contributed by atoms with Crippen LogP contribution in [-0.2, 0) is 10.0 Å². The molecular formula is C12H14FN3O2S. The highest BCUT2D eigenvalue weighted by molar-refractivity contribution is 7.89. The van der Waals surface area contributed by atoms with Crippen LogP contribution in [0.4, 0.5) is 4.39 Å². The van der Waals surface area contributed by atoms with Gasteiger partial charge in [-0.3, -0.25) is 0 Å². The molecule has 1 aromatic carbocycles. The minimum Gasteiger partial charge on any atom is -0.312 e. The van der Waals surface area contributed by atoms with Crippen LogP contribution in [0.5, 0.6) is 0 Å². The van der Waals surface area contributed by atoms with Gasteiger partial charge < -0.3 is 5.32 Å². The average molecular weight is 283 g/mol. The van der Waals surface area contributed by atoms with Crippen molar-refractivity contribution in [2.75, 3.05) is 19.6 Å². The lowest BCUT2D eigenvalue weighted by molar-refractivity contribution is 0.309. The molecule has 2 rings (SSSR count). The lowest BCUT2D eigenvalue weighted by Crippen LogP contribution is -2.51. The Kier molecular flexibility index (Phi) is 3.85. The first-order chi connectivity index (χ1) is 8.95. The van der Waals surface area contributed by atoms with E-state index in [1.54, 1.807) is 6.07 Å². The zero-order valence-electron chi connectivity index (χ0n) is 10.4. The summed E-state index contributed by atoms with van der Waals surface area (Å²) in [6.45, 7) is 3.03. The van der Waals surface area contributed by atoms with E-state index in [2.05, 4.69) is 5.32 Å². The van der Waals surface area contributed by atoms with E-state index < -0.39 is 15.8 Å². The van der Waals surface area contributed by atoms with Gasteiger partial charge in [-0.25, -0.2) is 12.8 Å². The summed E-state index contributed by atoms with van der Waals surface area (Å²) in [5, 5.41) is 11.8. The minimum atomic E-state index is -3.84. The lowest BCUT2D eigenvalue weighted by atomic mass is 10.2. The van der Waals surface area contributed by atoms with Crippen molar-refractivity contribution >= 4 is 10.0 Å². The standard InChI is InChI=1S/C12H14FN3O2S/c1-9-8-16(5-4-15-9)19(17,18)12-3-2-10(7-14)6-11(12)13/h2-3,6,9,15H,4-5,8H2,1H3/t9-/m0/s1. The Morgan fingerprint density at radius 3 is 2.84 bits per heavy atom. The highest BCUT2D eigenvalue weighted by atomic mass is 32.2. The molecule has 1 fully saturated rings. The van der Waals surface area contributed by atoms with Crippen LogP contribution in [0.2, 0.25) is 0 Å². The highest BCUT2D eigenvalue weighted by Crippen LogP contribution is 2.21. The fourth-order valence-electron chi connectivity index (χ4n) is 2.03. The number of rotatable bonds is 2. The van der Waals surface area contributed by atoms with Gasteiger partial charge in [-0.05, 0) is 25.1 Å². The largest absolute Gasteiger partial charge is 0.312 e. The van der Waals surface area contributed by atoms with Gasteiger partial charge in [-0.2, -0.15) is 9.57 Å². The van der Waals surface area contributed by atoms with E-state index in [-0.39, 0.29) is 16.5 Å². The molecule has 0 amide bonds. The summed E-state index contributed by atoms with van der Waals surface area (Å²) in [6.07, 6.45) is 0. The van der Waals surface area contributed by atoms with Crippen molar-refractivity contribution in [3.8, 4) is 6.07 Å². The minimum absolute atomic E-state index is 0.0324.